The molecule has 0 atom stereocenters. The van der Waals surface area contributed by atoms with Crippen molar-refractivity contribution in [2.45, 2.75) is 31.7 Å². The number of rotatable bonds is 4. The number of aromatic nitrogens is 4. The molecule has 0 spiro atoms. The Morgan fingerprint density at radius 3 is 2.26 bits per heavy atom. The standard InChI is InChI=1S/C28H26N6/c1-18-8-13-22(25(29)31-18)26-33-24-15-14-23(19-6-3-2-4-7-19)32-27(24)34(26)21-11-9-20(10-12-21)28(30)16-5-17-28/h2-4,6-15H,5,16-17,30H2,1H3,(H2,29,31). The number of nitrogen functional groups attached to an aromatic ring is 1. The Bertz CT molecular complexity index is 1500. The Morgan fingerprint density at radius 1 is 0.824 bits per heavy atom. The van der Waals surface area contributed by atoms with Gasteiger partial charge in [-0.15, -0.1) is 0 Å². The number of anilines is 1. The van der Waals surface area contributed by atoms with E-state index in [2.05, 4.69) is 45.9 Å². The van der Waals surface area contributed by atoms with Gasteiger partial charge in [0.2, 0.25) is 0 Å². The van der Waals surface area contributed by atoms with Crippen LogP contribution in [0.2, 0.25) is 0 Å². The molecule has 6 heteroatoms. The second-order valence-electron chi connectivity index (χ2n) is 9.12. The fourth-order valence-electron chi connectivity index (χ4n) is 4.71. The zero-order chi connectivity index (χ0) is 23.3. The van der Waals surface area contributed by atoms with Crippen LogP contribution in [-0.2, 0) is 5.54 Å². The Morgan fingerprint density at radius 2 is 1.59 bits per heavy atom. The zero-order valence-corrected chi connectivity index (χ0v) is 19.1. The van der Waals surface area contributed by atoms with Gasteiger partial charge in [0.15, 0.2) is 11.5 Å². The average molecular weight is 447 g/mol. The van der Waals surface area contributed by atoms with Crippen LogP contribution in [0.25, 0.3) is 39.5 Å². The molecule has 0 bridgehead atoms. The number of benzene rings is 2. The third kappa shape index (κ3) is 3.35. The fourth-order valence-corrected chi connectivity index (χ4v) is 4.71. The van der Waals surface area contributed by atoms with Crippen LogP contribution in [0.1, 0.15) is 30.5 Å². The SMILES string of the molecule is Cc1ccc(-c2nc3ccc(-c4ccccc4)nc3n2-c2ccc(C3(N)CCC3)cc2)c(N)n1. The largest absolute Gasteiger partial charge is 0.383 e. The highest BCUT2D eigenvalue weighted by Gasteiger charge is 2.34. The third-order valence-electron chi connectivity index (χ3n) is 6.83. The van der Waals surface area contributed by atoms with Crippen LogP contribution < -0.4 is 11.5 Å². The minimum atomic E-state index is -0.206. The van der Waals surface area contributed by atoms with Gasteiger partial charge in [-0.25, -0.2) is 15.0 Å². The summed E-state index contributed by atoms with van der Waals surface area (Å²) in [5.74, 6) is 1.17. The van der Waals surface area contributed by atoms with E-state index in [1.54, 1.807) is 0 Å². The molecule has 168 valence electrons. The van der Waals surface area contributed by atoms with Crippen LogP contribution in [0.4, 0.5) is 5.82 Å². The molecule has 6 nitrogen and oxygen atoms in total. The quantitative estimate of drug-likeness (QED) is 0.386. The van der Waals surface area contributed by atoms with Crippen molar-refractivity contribution in [3.05, 3.63) is 90.1 Å². The number of imidazole rings is 1. The maximum Gasteiger partial charge on any atom is 0.165 e. The summed E-state index contributed by atoms with van der Waals surface area (Å²) in [7, 11) is 0. The van der Waals surface area contributed by atoms with Gasteiger partial charge in [-0.05, 0) is 68.1 Å². The molecule has 5 aromatic rings. The minimum absolute atomic E-state index is 0.206. The second-order valence-corrected chi connectivity index (χ2v) is 9.12. The van der Waals surface area contributed by atoms with E-state index >= 15 is 0 Å². The van der Waals surface area contributed by atoms with Crippen molar-refractivity contribution in [3.8, 4) is 28.3 Å². The molecule has 1 saturated carbocycles. The van der Waals surface area contributed by atoms with Crippen LogP contribution in [-0.4, -0.2) is 19.5 Å². The lowest BCUT2D eigenvalue weighted by molar-refractivity contribution is 0.253. The minimum Gasteiger partial charge on any atom is -0.383 e. The number of nitrogens with two attached hydrogens (primary N) is 2. The number of pyridine rings is 2. The molecule has 1 aliphatic rings. The zero-order valence-electron chi connectivity index (χ0n) is 19.1. The van der Waals surface area contributed by atoms with Gasteiger partial charge in [-0.1, -0.05) is 42.5 Å². The summed E-state index contributed by atoms with van der Waals surface area (Å²) in [5.41, 5.74) is 20.0. The van der Waals surface area contributed by atoms with Crippen molar-refractivity contribution in [3.63, 3.8) is 0 Å². The lowest BCUT2D eigenvalue weighted by Gasteiger charge is -2.38. The van der Waals surface area contributed by atoms with E-state index in [1.807, 2.05) is 49.4 Å². The van der Waals surface area contributed by atoms with Gasteiger partial charge in [0, 0.05) is 22.5 Å². The summed E-state index contributed by atoms with van der Waals surface area (Å²) in [4.78, 5) is 14.4. The molecule has 3 heterocycles. The lowest BCUT2D eigenvalue weighted by atomic mass is 9.73. The van der Waals surface area contributed by atoms with Crippen LogP contribution in [0.3, 0.4) is 0 Å². The summed E-state index contributed by atoms with van der Waals surface area (Å²) in [6.45, 7) is 1.93. The van der Waals surface area contributed by atoms with E-state index in [1.165, 1.54) is 12.0 Å². The molecule has 0 aliphatic heterocycles. The highest BCUT2D eigenvalue weighted by atomic mass is 15.1. The van der Waals surface area contributed by atoms with Crippen molar-refractivity contribution in [2.75, 3.05) is 5.73 Å². The molecule has 4 N–H and O–H groups in total. The molecule has 0 amide bonds. The van der Waals surface area contributed by atoms with Gasteiger partial charge in [-0.3, -0.25) is 4.57 Å². The molecular weight excluding hydrogens is 420 g/mol. The molecule has 6 rings (SSSR count). The highest BCUT2D eigenvalue weighted by molar-refractivity contribution is 5.84. The number of fused-ring (bicyclic) bond motifs is 1. The molecular formula is C28H26N6. The maximum absolute atomic E-state index is 6.57. The van der Waals surface area contributed by atoms with Crippen molar-refractivity contribution >= 4 is 17.0 Å². The van der Waals surface area contributed by atoms with E-state index in [-0.39, 0.29) is 5.54 Å². The summed E-state index contributed by atoms with van der Waals surface area (Å²) >= 11 is 0. The number of nitrogens with zero attached hydrogens (tertiary/aromatic N) is 4. The van der Waals surface area contributed by atoms with Crippen molar-refractivity contribution in [1.82, 2.24) is 19.5 Å². The molecule has 3 aromatic heterocycles. The number of hydrogen-bond acceptors (Lipinski definition) is 5. The van der Waals surface area contributed by atoms with E-state index in [4.69, 9.17) is 21.4 Å². The number of hydrogen-bond donors (Lipinski definition) is 2. The maximum atomic E-state index is 6.57. The monoisotopic (exact) mass is 446 g/mol. The van der Waals surface area contributed by atoms with E-state index in [0.29, 0.717) is 5.82 Å². The average Bonchev–Trinajstić information content (AvgIpc) is 3.21. The van der Waals surface area contributed by atoms with Crippen molar-refractivity contribution < 1.29 is 0 Å². The predicted molar refractivity (Wildman–Crippen MR) is 136 cm³/mol. The van der Waals surface area contributed by atoms with Gasteiger partial charge >= 0.3 is 0 Å². The van der Waals surface area contributed by atoms with Gasteiger partial charge in [-0.2, -0.15) is 0 Å². The van der Waals surface area contributed by atoms with Crippen molar-refractivity contribution in [2.24, 2.45) is 5.73 Å². The molecule has 1 fully saturated rings. The molecule has 2 aromatic carbocycles. The Hall–Kier alpha value is -4.03. The van der Waals surface area contributed by atoms with Crippen molar-refractivity contribution in [1.29, 1.82) is 0 Å². The molecule has 34 heavy (non-hydrogen) atoms. The van der Waals surface area contributed by atoms with Crippen LogP contribution >= 0.6 is 0 Å². The first-order valence-corrected chi connectivity index (χ1v) is 11.6. The smallest absolute Gasteiger partial charge is 0.165 e. The molecule has 0 saturated heterocycles. The Labute approximate surface area is 198 Å². The normalized spacial score (nSPS) is 14.8. The van der Waals surface area contributed by atoms with Gasteiger partial charge < -0.3 is 11.5 Å². The first-order chi connectivity index (χ1) is 16.5. The van der Waals surface area contributed by atoms with Crippen LogP contribution in [0.5, 0.6) is 0 Å². The second kappa shape index (κ2) is 7.78. The molecule has 0 radical (unpaired) electrons. The molecule has 0 unspecified atom stereocenters. The first kappa shape index (κ1) is 20.6. The van der Waals surface area contributed by atoms with E-state index in [9.17, 15) is 0 Å². The summed E-state index contributed by atoms with van der Waals surface area (Å²) in [6.07, 6.45) is 3.23. The van der Waals surface area contributed by atoms with Crippen LogP contribution in [0, 0.1) is 6.92 Å². The highest BCUT2D eigenvalue weighted by Crippen LogP contribution is 2.39. The third-order valence-corrected chi connectivity index (χ3v) is 6.83. The summed E-state index contributed by atoms with van der Waals surface area (Å²) < 4.78 is 2.07. The Kier molecular flexibility index (Phi) is 4.71. The lowest BCUT2D eigenvalue weighted by Crippen LogP contribution is -2.43. The Balaban J connectivity index is 1.57. The van der Waals surface area contributed by atoms with Gasteiger partial charge in [0.25, 0.3) is 0 Å². The number of aryl methyl sites for hydroxylation is 1. The first-order valence-electron chi connectivity index (χ1n) is 11.6. The van der Waals surface area contributed by atoms with Gasteiger partial charge in [0.1, 0.15) is 11.3 Å². The topological polar surface area (TPSA) is 95.6 Å². The molecule has 1 aliphatic carbocycles. The summed E-state index contributed by atoms with van der Waals surface area (Å²) in [5, 5.41) is 0. The van der Waals surface area contributed by atoms with E-state index in [0.717, 1.165) is 58.0 Å². The summed E-state index contributed by atoms with van der Waals surface area (Å²) in [6, 6.07) is 26.6. The van der Waals surface area contributed by atoms with Crippen LogP contribution in [0.15, 0.2) is 78.9 Å². The van der Waals surface area contributed by atoms with E-state index < -0.39 is 0 Å². The fraction of sp³-hybridized carbons (Fsp3) is 0.179. The van der Waals surface area contributed by atoms with Gasteiger partial charge in [0.05, 0.1) is 11.3 Å². The predicted octanol–water partition coefficient (Wildman–Crippen LogP) is 5.38.